The molecule has 0 spiro atoms. The van der Waals surface area contributed by atoms with E-state index in [0.717, 1.165) is 0 Å². The lowest BCUT2D eigenvalue weighted by molar-refractivity contribution is 0.0949. The average Bonchev–Trinajstić information content (AvgIpc) is 3.45. The van der Waals surface area contributed by atoms with E-state index in [2.05, 4.69) is 20.6 Å². The van der Waals surface area contributed by atoms with Gasteiger partial charge in [-0.05, 0) is 36.8 Å². The Labute approximate surface area is 193 Å². The zero-order valence-electron chi connectivity index (χ0n) is 18.3. The van der Waals surface area contributed by atoms with Crippen LogP contribution >= 0.6 is 11.3 Å². The summed E-state index contributed by atoms with van der Waals surface area (Å²) >= 11 is 1.23. The van der Waals surface area contributed by atoms with Gasteiger partial charge in [-0.3, -0.25) is 9.59 Å². The second-order valence-electron chi connectivity index (χ2n) is 7.08. The van der Waals surface area contributed by atoms with Crippen LogP contribution in [0, 0.1) is 6.92 Å². The van der Waals surface area contributed by atoms with Gasteiger partial charge in [0.25, 0.3) is 11.8 Å². The summed E-state index contributed by atoms with van der Waals surface area (Å²) in [4.78, 5) is 35.8. The molecule has 0 aliphatic heterocycles. The van der Waals surface area contributed by atoms with E-state index in [-0.39, 0.29) is 25.0 Å². The minimum atomic E-state index is -0.350. The SMILES string of the molecule is COCc1nc(OC)c2c(C)c(C(=O)Nc3ccccc3C(=O)NCc3ccco3)sc2n1. The van der Waals surface area contributed by atoms with Crippen molar-refractivity contribution in [3.63, 3.8) is 0 Å². The first-order chi connectivity index (χ1) is 16.0. The third-order valence-corrected chi connectivity index (χ3v) is 6.08. The highest BCUT2D eigenvalue weighted by Crippen LogP contribution is 2.35. The maximum atomic E-state index is 13.2. The first kappa shape index (κ1) is 22.4. The first-order valence-corrected chi connectivity index (χ1v) is 10.9. The number of aromatic nitrogens is 2. The molecule has 0 atom stereocenters. The number of ether oxygens (including phenoxy) is 2. The van der Waals surface area contributed by atoms with Gasteiger partial charge in [0.2, 0.25) is 5.88 Å². The largest absolute Gasteiger partial charge is 0.480 e. The monoisotopic (exact) mass is 466 g/mol. The maximum absolute atomic E-state index is 13.2. The number of amides is 2. The lowest BCUT2D eigenvalue weighted by Crippen LogP contribution is -2.24. The molecule has 1 aromatic carbocycles. The molecule has 0 saturated heterocycles. The Kier molecular flexibility index (Phi) is 6.66. The van der Waals surface area contributed by atoms with E-state index in [9.17, 15) is 9.59 Å². The Morgan fingerprint density at radius 3 is 2.64 bits per heavy atom. The molecule has 4 aromatic rings. The van der Waals surface area contributed by atoms with Gasteiger partial charge < -0.3 is 24.5 Å². The fraction of sp³-hybridized carbons (Fsp3) is 0.217. The van der Waals surface area contributed by atoms with Gasteiger partial charge >= 0.3 is 0 Å². The normalized spacial score (nSPS) is 10.9. The van der Waals surface area contributed by atoms with Crippen LogP contribution in [0.2, 0.25) is 0 Å². The minimum absolute atomic E-state index is 0.227. The number of aryl methyl sites for hydroxylation is 1. The molecule has 33 heavy (non-hydrogen) atoms. The number of nitrogens with zero attached hydrogens (tertiary/aromatic N) is 2. The number of furan rings is 1. The molecule has 0 aliphatic rings. The Hall–Kier alpha value is -3.76. The second-order valence-corrected chi connectivity index (χ2v) is 8.08. The number of fused-ring (bicyclic) bond motifs is 1. The number of benzene rings is 1. The standard InChI is InChI=1S/C23H22N4O5S/c1-13-18-22(31-3)26-17(12-30-2)27-23(18)33-19(13)21(29)25-16-9-5-4-8-15(16)20(28)24-11-14-7-6-10-32-14/h4-10H,11-12H2,1-3H3,(H,24,28)(H,25,29). The van der Waals surface area contributed by atoms with Crippen molar-refractivity contribution in [1.82, 2.24) is 15.3 Å². The number of hydrogen-bond acceptors (Lipinski definition) is 8. The number of hydrogen-bond donors (Lipinski definition) is 2. The molecule has 0 bridgehead atoms. The second kappa shape index (κ2) is 9.80. The molecule has 9 nitrogen and oxygen atoms in total. The number of nitrogens with one attached hydrogen (secondary N) is 2. The molecule has 3 heterocycles. The number of methoxy groups -OCH3 is 2. The number of para-hydroxylation sites is 1. The Balaban J connectivity index is 1.60. The molecule has 2 amide bonds. The fourth-order valence-electron chi connectivity index (χ4n) is 3.35. The summed E-state index contributed by atoms with van der Waals surface area (Å²) in [6.45, 7) is 2.29. The average molecular weight is 467 g/mol. The number of carbonyl (C=O) groups is 2. The molecule has 0 unspecified atom stereocenters. The fourth-order valence-corrected chi connectivity index (χ4v) is 4.43. The highest BCUT2D eigenvalue weighted by molar-refractivity contribution is 7.20. The summed E-state index contributed by atoms with van der Waals surface area (Å²) in [6.07, 6.45) is 1.54. The Morgan fingerprint density at radius 1 is 1.09 bits per heavy atom. The molecular weight excluding hydrogens is 444 g/mol. The van der Waals surface area contributed by atoms with Crippen molar-refractivity contribution in [1.29, 1.82) is 0 Å². The zero-order chi connectivity index (χ0) is 23.4. The van der Waals surface area contributed by atoms with Gasteiger partial charge in [-0.1, -0.05) is 12.1 Å². The van der Waals surface area contributed by atoms with Gasteiger partial charge in [-0.25, -0.2) is 4.98 Å². The van der Waals surface area contributed by atoms with Crippen LogP contribution < -0.4 is 15.4 Å². The molecule has 3 aromatic heterocycles. The van der Waals surface area contributed by atoms with Crippen molar-refractivity contribution in [2.45, 2.75) is 20.1 Å². The van der Waals surface area contributed by atoms with Crippen LogP contribution in [-0.2, 0) is 17.9 Å². The van der Waals surface area contributed by atoms with Crippen LogP contribution in [0.15, 0.2) is 47.1 Å². The van der Waals surface area contributed by atoms with E-state index in [1.54, 1.807) is 49.8 Å². The number of carbonyl (C=O) groups excluding carboxylic acids is 2. The summed E-state index contributed by atoms with van der Waals surface area (Å²) in [6, 6.07) is 10.3. The van der Waals surface area contributed by atoms with Crippen molar-refractivity contribution in [3.8, 4) is 5.88 Å². The van der Waals surface area contributed by atoms with E-state index < -0.39 is 0 Å². The van der Waals surface area contributed by atoms with Crippen LogP contribution in [0.1, 0.15) is 37.2 Å². The van der Waals surface area contributed by atoms with E-state index in [1.165, 1.54) is 18.4 Å². The smallest absolute Gasteiger partial charge is 0.266 e. The maximum Gasteiger partial charge on any atom is 0.266 e. The van der Waals surface area contributed by atoms with Gasteiger partial charge in [0.1, 0.15) is 17.2 Å². The summed E-state index contributed by atoms with van der Waals surface area (Å²) < 4.78 is 15.8. The van der Waals surface area contributed by atoms with Crippen LogP contribution in [0.3, 0.4) is 0 Å². The third kappa shape index (κ3) is 4.71. The number of rotatable bonds is 8. The summed E-state index contributed by atoms with van der Waals surface area (Å²) in [5, 5.41) is 6.32. The van der Waals surface area contributed by atoms with Gasteiger partial charge in [-0.2, -0.15) is 4.98 Å². The lowest BCUT2D eigenvalue weighted by Gasteiger charge is -2.11. The van der Waals surface area contributed by atoms with Gasteiger partial charge in [0, 0.05) is 7.11 Å². The quantitative estimate of drug-likeness (QED) is 0.404. The predicted octanol–water partition coefficient (Wildman–Crippen LogP) is 3.93. The predicted molar refractivity (Wildman–Crippen MR) is 124 cm³/mol. The van der Waals surface area contributed by atoms with Gasteiger partial charge in [0.15, 0.2) is 5.82 Å². The topological polar surface area (TPSA) is 116 Å². The molecule has 0 saturated carbocycles. The lowest BCUT2D eigenvalue weighted by atomic mass is 10.1. The van der Waals surface area contributed by atoms with Crippen molar-refractivity contribution in [3.05, 3.63) is 70.3 Å². The van der Waals surface area contributed by atoms with Crippen LogP contribution in [0.25, 0.3) is 10.2 Å². The number of thiophene rings is 1. The van der Waals surface area contributed by atoms with Crippen molar-refractivity contribution >= 4 is 39.1 Å². The molecule has 4 rings (SSSR count). The first-order valence-electron chi connectivity index (χ1n) is 10.1. The minimum Gasteiger partial charge on any atom is -0.480 e. The highest BCUT2D eigenvalue weighted by atomic mass is 32.1. The van der Waals surface area contributed by atoms with Gasteiger partial charge in [0.05, 0.1) is 41.4 Å². The third-order valence-electron chi connectivity index (χ3n) is 4.90. The van der Waals surface area contributed by atoms with E-state index >= 15 is 0 Å². The molecule has 0 aliphatic carbocycles. The van der Waals surface area contributed by atoms with E-state index in [0.29, 0.717) is 49.4 Å². The zero-order valence-corrected chi connectivity index (χ0v) is 19.1. The molecule has 10 heteroatoms. The summed E-state index contributed by atoms with van der Waals surface area (Å²) in [5.74, 6) is 0.809. The molecule has 0 radical (unpaired) electrons. The van der Waals surface area contributed by atoms with E-state index in [1.807, 2.05) is 6.92 Å². The Bertz CT molecular complexity index is 1300. The molecule has 2 N–H and O–H groups in total. The molecule has 170 valence electrons. The molecular formula is C23H22N4O5S. The highest BCUT2D eigenvalue weighted by Gasteiger charge is 2.22. The van der Waals surface area contributed by atoms with Crippen molar-refractivity contribution in [2.75, 3.05) is 19.5 Å². The van der Waals surface area contributed by atoms with Crippen LogP contribution in [-0.4, -0.2) is 36.0 Å². The van der Waals surface area contributed by atoms with Crippen LogP contribution in [0.5, 0.6) is 5.88 Å². The van der Waals surface area contributed by atoms with Crippen molar-refractivity contribution < 1.29 is 23.5 Å². The number of anilines is 1. The molecule has 0 fully saturated rings. The van der Waals surface area contributed by atoms with Crippen molar-refractivity contribution in [2.24, 2.45) is 0 Å². The van der Waals surface area contributed by atoms with Gasteiger partial charge in [-0.15, -0.1) is 11.3 Å². The van der Waals surface area contributed by atoms with Crippen LogP contribution in [0.4, 0.5) is 5.69 Å². The summed E-state index contributed by atoms with van der Waals surface area (Å²) in [5.41, 5.74) is 1.44. The Morgan fingerprint density at radius 2 is 1.91 bits per heavy atom. The van der Waals surface area contributed by atoms with E-state index in [4.69, 9.17) is 13.9 Å². The summed E-state index contributed by atoms with van der Waals surface area (Å²) in [7, 11) is 3.08.